The Morgan fingerprint density at radius 3 is 2.63 bits per heavy atom. The zero-order valence-corrected chi connectivity index (χ0v) is 11.5. The number of aliphatic carboxylic acids is 1. The van der Waals surface area contributed by atoms with Gasteiger partial charge in [-0.1, -0.05) is 0 Å². The summed E-state index contributed by atoms with van der Waals surface area (Å²) in [5.41, 5.74) is 0.901. The maximum atomic E-state index is 12.3. The van der Waals surface area contributed by atoms with Gasteiger partial charge in [0.25, 0.3) is 0 Å². The van der Waals surface area contributed by atoms with E-state index in [1.165, 1.54) is 0 Å². The molecule has 0 atom stereocenters. The van der Waals surface area contributed by atoms with E-state index in [9.17, 15) is 9.59 Å². The average Bonchev–Trinajstić information content (AvgIpc) is 2.80. The highest BCUT2D eigenvalue weighted by atomic mass is 16.4. The molecule has 7 heteroatoms. The Bertz CT molecular complexity index is 417. The van der Waals surface area contributed by atoms with E-state index >= 15 is 0 Å². The third-order valence-electron chi connectivity index (χ3n) is 2.74. The molecule has 1 aromatic rings. The molecule has 0 aliphatic heterocycles. The number of carboxylic acids is 1. The summed E-state index contributed by atoms with van der Waals surface area (Å²) < 4.78 is 0. The van der Waals surface area contributed by atoms with Gasteiger partial charge in [-0.25, -0.2) is 4.79 Å². The van der Waals surface area contributed by atoms with Crippen LogP contribution in [0.4, 0.5) is 4.79 Å². The van der Waals surface area contributed by atoms with Crippen molar-refractivity contribution in [2.24, 2.45) is 0 Å². The van der Waals surface area contributed by atoms with Gasteiger partial charge in [-0.15, -0.1) is 0 Å². The van der Waals surface area contributed by atoms with Crippen molar-refractivity contribution in [2.45, 2.75) is 32.9 Å². The van der Waals surface area contributed by atoms with Crippen molar-refractivity contribution < 1.29 is 14.7 Å². The molecule has 0 saturated heterocycles. The van der Waals surface area contributed by atoms with Gasteiger partial charge < -0.3 is 14.9 Å². The summed E-state index contributed by atoms with van der Waals surface area (Å²) in [7, 11) is 1.69. The number of nitrogens with one attached hydrogen (secondary N) is 1. The van der Waals surface area contributed by atoms with Crippen molar-refractivity contribution >= 4 is 12.0 Å². The summed E-state index contributed by atoms with van der Waals surface area (Å²) in [6.07, 6.45) is 3.32. The second-order valence-corrected chi connectivity index (χ2v) is 4.68. The monoisotopic (exact) mass is 268 g/mol. The van der Waals surface area contributed by atoms with Crippen molar-refractivity contribution in [1.82, 2.24) is 20.0 Å². The summed E-state index contributed by atoms with van der Waals surface area (Å²) in [6, 6.07) is -0.226. The maximum Gasteiger partial charge on any atom is 0.320 e. The van der Waals surface area contributed by atoms with Crippen LogP contribution < -0.4 is 0 Å². The molecule has 0 bridgehead atoms. The van der Waals surface area contributed by atoms with E-state index < -0.39 is 5.97 Å². The third-order valence-corrected chi connectivity index (χ3v) is 2.74. The Morgan fingerprint density at radius 1 is 1.47 bits per heavy atom. The highest BCUT2D eigenvalue weighted by molar-refractivity contribution is 5.75. The Labute approximate surface area is 112 Å². The fraction of sp³-hybridized carbons (Fsp3) is 0.583. The minimum atomic E-state index is -0.907. The topological polar surface area (TPSA) is 89.5 Å². The first kappa shape index (κ1) is 15.0. The number of hydrogen-bond acceptors (Lipinski definition) is 3. The van der Waals surface area contributed by atoms with Crippen LogP contribution in [0.3, 0.4) is 0 Å². The molecule has 0 aliphatic rings. The van der Waals surface area contributed by atoms with Crippen LogP contribution in [-0.4, -0.2) is 56.7 Å². The van der Waals surface area contributed by atoms with Crippen molar-refractivity contribution in [3.05, 3.63) is 18.0 Å². The van der Waals surface area contributed by atoms with Gasteiger partial charge in [0, 0.05) is 31.4 Å². The van der Waals surface area contributed by atoms with Crippen LogP contribution in [-0.2, 0) is 11.3 Å². The molecule has 1 heterocycles. The molecule has 0 saturated carbocycles. The van der Waals surface area contributed by atoms with E-state index in [-0.39, 0.29) is 25.0 Å². The van der Waals surface area contributed by atoms with Gasteiger partial charge in [0.1, 0.15) is 0 Å². The van der Waals surface area contributed by atoms with E-state index in [2.05, 4.69) is 10.2 Å². The predicted octanol–water partition coefficient (Wildman–Crippen LogP) is 1.15. The number of carboxylic acid groups (broad SMARTS) is 1. The molecule has 2 amide bonds. The SMILES string of the molecule is CC(C)N(CCC(=O)O)C(=O)N(C)Cc1cn[nH]c1. The minimum absolute atomic E-state index is 0.0429. The fourth-order valence-corrected chi connectivity index (χ4v) is 1.72. The van der Waals surface area contributed by atoms with Crippen molar-refractivity contribution in [3.63, 3.8) is 0 Å². The third kappa shape index (κ3) is 4.61. The summed E-state index contributed by atoms with van der Waals surface area (Å²) in [5.74, 6) is -0.907. The Balaban J connectivity index is 2.62. The van der Waals surface area contributed by atoms with Crippen LogP contribution in [0.25, 0.3) is 0 Å². The van der Waals surface area contributed by atoms with Crippen LogP contribution in [0.15, 0.2) is 12.4 Å². The quantitative estimate of drug-likeness (QED) is 0.809. The van der Waals surface area contributed by atoms with Gasteiger partial charge in [0.05, 0.1) is 19.2 Å². The number of carbonyl (C=O) groups excluding carboxylic acids is 1. The van der Waals surface area contributed by atoms with Crippen LogP contribution in [0.5, 0.6) is 0 Å². The standard InChI is InChI=1S/C12H20N4O3/c1-9(2)16(5-4-11(17)18)12(19)15(3)8-10-6-13-14-7-10/h6-7,9H,4-5,8H2,1-3H3,(H,13,14)(H,17,18). The Hall–Kier alpha value is -2.05. The van der Waals surface area contributed by atoms with Gasteiger partial charge in [-0.3, -0.25) is 9.89 Å². The van der Waals surface area contributed by atoms with Crippen LogP contribution in [0, 0.1) is 0 Å². The van der Waals surface area contributed by atoms with Gasteiger partial charge in [-0.2, -0.15) is 5.10 Å². The summed E-state index contributed by atoms with van der Waals surface area (Å²) >= 11 is 0. The molecule has 2 N–H and O–H groups in total. The molecule has 1 rings (SSSR count). The van der Waals surface area contributed by atoms with Gasteiger partial charge >= 0.3 is 12.0 Å². The highest BCUT2D eigenvalue weighted by Gasteiger charge is 2.21. The van der Waals surface area contributed by atoms with E-state index in [0.29, 0.717) is 6.54 Å². The lowest BCUT2D eigenvalue weighted by molar-refractivity contribution is -0.137. The lowest BCUT2D eigenvalue weighted by Gasteiger charge is -2.30. The summed E-state index contributed by atoms with van der Waals surface area (Å²) in [5, 5.41) is 15.2. The first-order valence-electron chi connectivity index (χ1n) is 6.13. The number of amides is 2. The number of urea groups is 1. The number of aromatic nitrogens is 2. The van der Waals surface area contributed by atoms with E-state index in [1.54, 1.807) is 29.2 Å². The van der Waals surface area contributed by atoms with Gasteiger partial charge in [-0.05, 0) is 13.8 Å². The lowest BCUT2D eigenvalue weighted by Crippen LogP contribution is -2.45. The first-order valence-corrected chi connectivity index (χ1v) is 6.13. The minimum Gasteiger partial charge on any atom is -0.481 e. The Kier molecular flexibility index (Phi) is 5.35. The summed E-state index contributed by atoms with van der Waals surface area (Å²) in [4.78, 5) is 26.0. The largest absolute Gasteiger partial charge is 0.481 e. The molecule has 1 aromatic heterocycles. The van der Waals surface area contributed by atoms with Crippen LogP contribution >= 0.6 is 0 Å². The normalized spacial score (nSPS) is 10.5. The van der Waals surface area contributed by atoms with Gasteiger partial charge in [0.15, 0.2) is 0 Å². The predicted molar refractivity (Wildman–Crippen MR) is 69.5 cm³/mol. The van der Waals surface area contributed by atoms with Crippen molar-refractivity contribution in [3.8, 4) is 0 Å². The molecule has 19 heavy (non-hydrogen) atoms. The van der Waals surface area contributed by atoms with Gasteiger partial charge in [0.2, 0.25) is 0 Å². The molecule has 0 unspecified atom stereocenters. The van der Waals surface area contributed by atoms with E-state index in [0.717, 1.165) is 5.56 Å². The molecule has 106 valence electrons. The smallest absolute Gasteiger partial charge is 0.320 e. The molecule has 0 radical (unpaired) electrons. The number of rotatable bonds is 6. The highest BCUT2D eigenvalue weighted by Crippen LogP contribution is 2.08. The van der Waals surface area contributed by atoms with Crippen molar-refractivity contribution in [2.75, 3.05) is 13.6 Å². The zero-order valence-electron chi connectivity index (χ0n) is 11.5. The molecule has 0 fully saturated rings. The second kappa shape index (κ2) is 6.77. The number of nitrogens with zero attached hydrogens (tertiary/aromatic N) is 3. The molecule has 0 aromatic carbocycles. The number of H-pyrrole nitrogens is 1. The number of hydrogen-bond donors (Lipinski definition) is 2. The van der Waals surface area contributed by atoms with E-state index in [4.69, 9.17) is 5.11 Å². The van der Waals surface area contributed by atoms with E-state index in [1.807, 2.05) is 13.8 Å². The summed E-state index contributed by atoms with van der Waals surface area (Å²) in [6.45, 7) is 4.38. The number of carbonyl (C=O) groups is 2. The zero-order chi connectivity index (χ0) is 14.4. The molecular formula is C12H20N4O3. The average molecular weight is 268 g/mol. The fourth-order valence-electron chi connectivity index (χ4n) is 1.72. The molecular weight excluding hydrogens is 248 g/mol. The second-order valence-electron chi connectivity index (χ2n) is 4.68. The lowest BCUT2D eigenvalue weighted by atomic mass is 10.3. The number of aromatic amines is 1. The molecule has 7 nitrogen and oxygen atoms in total. The molecule has 0 aliphatic carbocycles. The molecule has 0 spiro atoms. The maximum absolute atomic E-state index is 12.3. The Morgan fingerprint density at radius 2 is 2.16 bits per heavy atom. The van der Waals surface area contributed by atoms with Crippen LogP contribution in [0.2, 0.25) is 0 Å². The van der Waals surface area contributed by atoms with Crippen LogP contribution in [0.1, 0.15) is 25.8 Å². The first-order chi connectivity index (χ1) is 8.91. The van der Waals surface area contributed by atoms with Crippen molar-refractivity contribution in [1.29, 1.82) is 0 Å².